The van der Waals surface area contributed by atoms with Crippen LogP contribution < -0.4 is 10.1 Å². The molecule has 0 saturated carbocycles. The Morgan fingerprint density at radius 1 is 1.15 bits per heavy atom. The number of rotatable bonds is 7. The molecule has 0 unspecified atom stereocenters. The van der Waals surface area contributed by atoms with Crippen LogP contribution in [0.5, 0.6) is 5.75 Å². The lowest BCUT2D eigenvalue weighted by Crippen LogP contribution is -2.41. The Labute approximate surface area is 165 Å². The molecule has 0 aliphatic carbocycles. The molecule has 1 aliphatic rings. The Morgan fingerprint density at radius 2 is 1.96 bits per heavy atom. The van der Waals surface area contributed by atoms with E-state index in [4.69, 9.17) is 33.3 Å². The first-order valence-corrected chi connectivity index (χ1v) is 9.55. The van der Waals surface area contributed by atoms with Crippen molar-refractivity contribution in [3.8, 4) is 5.75 Å². The lowest BCUT2D eigenvalue weighted by Gasteiger charge is -2.26. The second-order valence-electron chi connectivity index (χ2n) is 6.12. The molecular weight excluding hydrogens is 368 g/mol. The van der Waals surface area contributed by atoms with Crippen LogP contribution in [0.15, 0.2) is 48.5 Å². The van der Waals surface area contributed by atoms with Gasteiger partial charge in [-0.1, -0.05) is 54.2 Å². The summed E-state index contributed by atoms with van der Waals surface area (Å²) in [5.74, 6) is 0.778. The van der Waals surface area contributed by atoms with E-state index in [-0.39, 0.29) is 0 Å². The Balaban J connectivity index is 1.49. The SMILES string of the molecule is S=C(NCCN1CCOCC1)c1cccc(OCc2ccccc2Cl)c1. The third-order valence-corrected chi connectivity index (χ3v) is 5.01. The van der Waals surface area contributed by atoms with Gasteiger partial charge in [0.1, 0.15) is 17.3 Å². The fourth-order valence-electron chi connectivity index (χ4n) is 2.76. The Morgan fingerprint density at radius 3 is 2.77 bits per heavy atom. The van der Waals surface area contributed by atoms with Gasteiger partial charge in [0.15, 0.2) is 0 Å². The van der Waals surface area contributed by atoms with Crippen molar-refractivity contribution in [3.63, 3.8) is 0 Å². The fraction of sp³-hybridized carbons (Fsp3) is 0.350. The predicted octanol–water partition coefficient (Wildman–Crippen LogP) is 3.52. The third kappa shape index (κ3) is 5.68. The molecule has 0 spiro atoms. The molecule has 2 aromatic carbocycles. The van der Waals surface area contributed by atoms with Gasteiger partial charge in [0.05, 0.1) is 13.2 Å². The van der Waals surface area contributed by atoms with E-state index in [1.54, 1.807) is 0 Å². The normalized spacial score (nSPS) is 14.8. The van der Waals surface area contributed by atoms with Crippen LogP contribution in [0, 0.1) is 0 Å². The van der Waals surface area contributed by atoms with Crippen molar-refractivity contribution in [2.45, 2.75) is 6.61 Å². The molecular formula is C20H23ClN2O2S. The quantitative estimate of drug-likeness (QED) is 0.731. The van der Waals surface area contributed by atoms with Crippen molar-refractivity contribution in [1.82, 2.24) is 10.2 Å². The topological polar surface area (TPSA) is 33.7 Å². The van der Waals surface area contributed by atoms with Crippen LogP contribution >= 0.6 is 23.8 Å². The maximum atomic E-state index is 6.17. The monoisotopic (exact) mass is 390 g/mol. The molecule has 1 heterocycles. The van der Waals surface area contributed by atoms with Gasteiger partial charge in [0.25, 0.3) is 0 Å². The maximum absolute atomic E-state index is 6.17. The molecule has 1 fully saturated rings. The van der Waals surface area contributed by atoms with Crippen LogP contribution in [-0.4, -0.2) is 49.3 Å². The van der Waals surface area contributed by atoms with Crippen LogP contribution in [0.3, 0.4) is 0 Å². The molecule has 1 N–H and O–H groups in total. The minimum Gasteiger partial charge on any atom is -0.489 e. The van der Waals surface area contributed by atoms with E-state index in [1.807, 2.05) is 48.5 Å². The summed E-state index contributed by atoms with van der Waals surface area (Å²) < 4.78 is 11.2. The van der Waals surface area contributed by atoms with Gasteiger partial charge in [0, 0.05) is 42.3 Å². The van der Waals surface area contributed by atoms with Crippen molar-refractivity contribution in [3.05, 3.63) is 64.7 Å². The average molecular weight is 391 g/mol. The van der Waals surface area contributed by atoms with Crippen molar-refractivity contribution < 1.29 is 9.47 Å². The van der Waals surface area contributed by atoms with Gasteiger partial charge in [0.2, 0.25) is 0 Å². The minimum absolute atomic E-state index is 0.431. The number of ether oxygens (including phenoxy) is 2. The standard InChI is InChI=1S/C20H23ClN2O2S/c21-19-7-2-1-4-17(19)15-25-18-6-3-5-16(14-18)20(26)22-8-9-23-10-12-24-13-11-23/h1-7,14H,8-13,15H2,(H,22,26). The summed E-state index contributed by atoms with van der Waals surface area (Å²) >= 11 is 11.7. The molecule has 0 bridgehead atoms. The first-order valence-electron chi connectivity index (χ1n) is 8.77. The van der Waals surface area contributed by atoms with Gasteiger partial charge in [-0.05, 0) is 18.2 Å². The average Bonchev–Trinajstić information content (AvgIpc) is 2.68. The number of halogens is 1. The molecule has 0 atom stereocenters. The number of hydrogen-bond acceptors (Lipinski definition) is 4. The zero-order valence-corrected chi connectivity index (χ0v) is 16.2. The second-order valence-corrected chi connectivity index (χ2v) is 6.93. The summed E-state index contributed by atoms with van der Waals surface area (Å²) in [6.45, 7) is 5.82. The molecule has 1 saturated heterocycles. The molecule has 1 aliphatic heterocycles. The number of thiocarbonyl (C=S) groups is 1. The first kappa shape index (κ1) is 19.1. The van der Waals surface area contributed by atoms with Crippen LogP contribution in [0.4, 0.5) is 0 Å². The zero-order valence-electron chi connectivity index (χ0n) is 14.6. The van der Waals surface area contributed by atoms with Crippen LogP contribution in [0.1, 0.15) is 11.1 Å². The highest BCUT2D eigenvalue weighted by Crippen LogP contribution is 2.19. The van der Waals surface area contributed by atoms with E-state index in [2.05, 4.69) is 10.2 Å². The molecule has 3 rings (SSSR count). The molecule has 0 aromatic heterocycles. The van der Waals surface area contributed by atoms with Gasteiger partial charge in [-0.3, -0.25) is 4.90 Å². The summed E-state index contributed by atoms with van der Waals surface area (Å²) in [6.07, 6.45) is 0. The van der Waals surface area contributed by atoms with Crippen molar-refractivity contribution in [1.29, 1.82) is 0 Å². The van der Waals surface area contributed by atoms with Crippen LogP contribution in [-0.2, 0) is 11.3 Å². The van der Waals surface area contributed by atoms with E-state index in [0.29, 0.717) is 11.6 Å². The van der Waals surface area contributed by atoms with E-state index in [1.165, 1.54) is 0 Å². The summed E-state index contributed by atoms with van der Waals surface area (Å²) in [5.41, 5.74) is 1.92. The highest BCUT2D eigenvalue weighted by atomic mass is 35.5. The van der Waals surface area contributed by atoms with Crippen molar-refractivity contribution >= 4 is 28.8 Å². The number of morpholine rings is 1. The number of nitrogens with zero attached hydrogens (tertiary/aromatic N) is 1. The van der Waals surface area contributed by atoms with Gasteiger partial charge < -0.3 is 14.8 Å². The smallest absolute Gasteiger partial charge is 0.120 e. The second kappa shape index (κ2) is 9.88. The van der Waals surface area contributed by atoms with Gasteiger partial charge in [-0.2, -0.15) is 0 Å². The van der Waals surface area contributed by atoms with Crippen molar-refractivity contribution in [2.24, 2.45) is 0 Å². The zero-order chi connectivity index (χ0) is 18.2. The maximum Gasteiger partial charge on any atom is 0.120 e. The molecule has 0 amide bonds. The third-order valence-electron chi connectivity index (χ3n) is 4.27. The summed E-state index contributed by atoms with van der Waals surface area (Å²) in [7, 11) is 0. The van der Waals surface area contributed by atoms with Crippen molar-refractivity contribution in [2.75, 3.05) is 39.4 Å². The lowest BCUT2D eigenvalue weighted by molar-refractivity contribution is 0.0389. The lowest BCUT2D eigenvalue weighted by atomic mass is 10.2. The summed E-state index contributed by atoms with van der Waals surface area (Å²) in [6, 6.07) is 15.5. The summed E-state index contributed by atoms with van der Waals surface area (Å²) in [4.78, 5) is 3.11. The van der Waals surface area contributed by atoms with Gasteiger partial charge in [-0.15, -0.1) is 0 Å². The molecule has 4 nitrogen and oxygen atoms in total. The fourth-order valence-corrected chi connectivity index (χ4v) is 3.18. The van der Waals surface area contributed by atoms with Crippen LogP contribution in [0.2, 0.25) is 5.02 Å². The molecule has 138 valence electrons. The molecule has 6 heteroatoms. The largest absolute Gasteiger partial charge is 0.489 e. The molecule has 26 heavy (non-hydrogen) atoms. The Bertz CT molecular complexity index is 735. The number of hydrogen-bond donors (Lipinski definition) is 1. The molecule has 2 aromatic rings. The summed E-state index contributed by atoms with van der Waals surface area (Å²) in [5, 5.41) is 4.04. The van der Waals surface area contributed by atoms with E-state index in [9.17, 15) is 0 Å². The Hall–Kier alpha value is -1.66. The van der Waals surface area contributed by atoms with Gasteiger partial charge in [-0.25, -0.2) is 0 Å². The van der Waals surface area contributed by atoms with E-state index < -0.39 is 0 Å². The molecule has 0 radical (unpaired) electrons. The van der Waals surface area contributed by atoms with E-state index >= 15 is 0 Å². The minimum atomic E-state index is 0.431. The van der Waals surface area contributed by atoms with Gasteiger partial charge >= 0.3 is 0 Å². The predicted molar refractivity (Wildman–Crippen MR) is 109 cm³/mol. The number of nitrogens with one attached hydrogen (secondary N) is 1. The van der Waals surface area contributed by atoms with Crippen LogP contribution in [0.25, 0.3) is 0 Å². The highest BCUT2D eigenvalue weighted by Gasteiger charge is 2.10. The highest BCUT2D eigenvalue weighted by molar-refractivity contribution is 7.80. The number of benzene rings is 2. The first-order chi connectivity index (χ1) is 12.7. The Kier molecular flexibility index (Phi) is 7.26. The van der Waals surface area contributed by atoms with E-state index in [0.717, 1.165) is 61.3 Å².